The molecular formula is C13H21NO10. The second-order valence-electron chi connectivity index (χ2n) is 5.24. The minimum Gasteiger partial charge on any atom is -0.477 e. The third-order valence-corrected chi connectivity index (χ3v) is 3.45. The van der Waals surface area contributed by atoms with Gasteiger partial charge >= 0.3 is 12.1 Å². The van der Waals surface area contributed by atoms with Gasteiger partial charge in [0.2, 0.25) is 0 Å². The first-order chi connectivity index (χ1) is 11.2. The highest BCUT2D eigenvalue weighted by Gasteiger charge is 2.54. The van der Waals surface area contributed by atoms with E-state index < -0.39 is 61.3 Å². The van der Waals surface area contributed by atoms with Crippen molar-refractivity contribution in [2.75, 3.05) is 13.2 Å². The van der Waals surface area contributed by atoms with Gasteiger partial charge < -0.3 is 45.4 Å². The van der Waals surface area contributed by atoms with Gasteiger partial charge in [-0.25, -0.2) is 9.59 Å². The summed E-state index contributed by atoms with van der Waals surface area (Å²) in [6.07, 6.45) is -7.65. The highest BCUT2D eigenvalue weighted by atomic mass is 16.7. The molecule has 0 spiro atoms. The summed E-state index contributed by atoms with van der Waals surface area (Å²) in [7, 11) is 0. The Balaban J connectivity index is 3.02. The zero-order valence-corrected chi connectivity index (χ0v) is 12.6. The molecule has 138 valence electrons. The van der Waals surface area contributed by atoms with Gasteiger partial charge in [0.25, 0.3) is 5.79 Å². The van der Waals surface area contributed by atoms with E-state index in [0.29, 0.717) is 0 Å². The monoisotopic (exact) mass is 351 g/mol. The van der Waals surface area contributed by atoms with Crippen LogP contribution in [-0.4, -0.2) is 92.2 Å². The van der Waals surface area contributed by atoms with Gasteiger partial charge in [-0.3, -0.25) is 0 Å². The topological polar surface area (TPSA) is 186 Å². The molecule has 0 saturated carbocycles. The van der Waals surface area contributed by atoms with Crippen LogP contribution in [0.5, 0.6) is 0 Å². The Bertz CT molecular complexity index is 472. The third kappa shape index (κ3) is 4.63. The van der Waals surface area contributed by atoms with Gasteiger partial charge in [-0.05, 0) is 0 Å². The number of carboxylic acid groups (broad SMARTS) is 1. The first-order valence-corrected chi connectivity index (χ1v) is 6.99. The van der Waals surface area contributed by atoms with Crippen LogP contribution in [0.3, 0.4) is 0 Å². The van der Waals surface area contributed by atoms with Crippen LogP contribution in [-0.2, 0) is 14.3 Å². The van der Waals surface area contributed by atoms with E-state index in [9.17, 15) is 30.0 Å². The summed E-state index contributed by atoms with van der Waals surface area (Å²) >= 11 is 0. The first kappa shape index (κ1) is 20.3. The van der Waals surface area contributed by atoms with Crippen LogP contribution in [0.2, 0.25) is 0 Å². The number of nitrogens with one attached hydrogen (secondary N) is 1. The van der Waals surface area contributed by atoms with Crippen LogP contribution in [0.25, 0.3) is 0 Å². The minimum absolute atomic E-state index is 0.152. The summed E-state index contributed by atoms with van der Waals surface area (Å²) in [5.74, 6) is -4.67. The fourth-order valence-corrected chi connectivity index (χ4v) is 2.21. The zero-order chi connectivity index (χ0) is 18.5. The lowest BCUT2D eigenvalue weighted by molar-refractivity contribution is -0.294. The molecule has 0 radical (unpaired) electrons. The highest BCUT2D eigenvalue weighted by Crippen LogP contribution is 2.30. The van der Waals surface area contributed by atoms with Gasteiger partial charge in [-0.15, -0.1) is 0 Å². The quantitative estimate of drug-likeness (QED) is 0.232. The number of carbonyl (C=O) groups is 2. The van der Waals surface area contributed by atoms with E-state index in [0.717, 1.165) is 0 Å². The highest BCUT2D eigenvalue weighted by molar-refractivity contribution is 5.75. The predicted molar refractivity (Wildman–Crippen MR) is 75.7 cm³/mol. The molecule has 1 fully saturated rings. The number of carboxylic acids is 1. The Morgan fingerprint density at radius 2 is 2.08 bits per heavy atom. The largest absolute Gasteiger partial charge is 0.477 e. The number of hydrogen-bond donors (Lipinski definition) is 7. The van der Waals surface area contributed by atoms with Crippen molar-refractivity contribution < 1.29 is 49.7 Å². The molecule has 1 heterocycles. The molecule has 0 aromatic rings. The average Bonchev–Trinajstić information content (AvgIpc) is 2.53. The van der Waals surface area contributed by atoms with Crippen molar-refractivity contribution in [3.63, 3.8) is 0 Å². The predicted octanol–water partition coefficient (Wildman–Crippen LogP) is -3.10. The molecule has 1 rings (SSSR count). The number of hydrogen-bond acceptors (Lipinski definition) is 9. The molecule has 11 nitrogen and oxygen atoms in total. The summed E-state index contributed by atoms with van der Waals surface area (Å²) in [5, 5.41) is 59.5. The van der Waals surface area contributed by atoms with Crippen LogP contribution in [0.15, 0.2) is 12.7 Å². The lowest BCUT2D eigenvalue weighted by atomic mass is 9.89. The fraction of sp³-hybridized carbons (Fsp3) is 0.692. The maximum atomic E-state index is 11.6. The lowest BCUT2D eigenvalue weighted by Crippen LogP contribution is -2.67. The Kier molecular flexibility index (Phi) is 7.08. The van der Waals surface area contributed by atoms with E-state index in [1.807, 2.05) is 0 Å². The molecule has 24 heavy (non-hydrogen) atoms. The lowest BCUT2D eigenvalue weighted by Gasteiger charge is -2.44. The Morgan fingerprint density at radius 1 is 1.46 bits per heavy atom. The zero-order valence-electron chi connectivity index (χ0n) is 12.6. The summed E-state index contributed by atoms with van der Waals surface area (Å²) < 4.78 is 9.54. The molecule has 0 aliphatic carbocycles. The van der Waals surface area contributed by atoms with Crippen molar-refractivity contribution in [2.24, 2.45) is 0 Å². The number of aliphatic hydroxyl groups excluding tert-OH is 4. The van der Waals surface area contributed by atoms with Crippen molar-refractivity contribution in [1.82, 2.24) is 5.32 Å². The number of aliphatic carboxylic acids is 1. The van der Waals surface area contributed by atoms with Crippen LogP contribution >= 0.6 is 0 Å². The van der Waals surface area contributed by atoms with Gasteiger partial charge in [0.15, 0.2) is 0 Å². The van der Waals surface area contributed by atoms with Crippen LogP contribution < -0.4 is 5.32 Å². The minimum atomic E-state index is -2.84. The Labute approximate surface area is 136 Å². The second-order valence-corrected chi connectivity index (χ2v) is 5.24. The molecule has 1 aliphatic heterocycles. The number of amides is 1. The maximum absolute atomic E-state index is 11.6. The van der Waals surface area contributed by atoms with Crippen molar-refractivity contribution >= 4 is 12.1 Å². The van der Waals surface area contributed by atoms with Gasteiger partial charge in [0.1, 0.15) is 24.9 Å². The Hall–Kier alpha value is -1.76. The molecule has 1 aliphatic rings. The summed E-state index contributed by atoms with van der Waals surface area (Å²) in [6, 6.07) is -1.42. The molecule has 1 saturated heterocycles. The second kappa shape index (κ2) is 8.37. The summed E-state index contributed by atoms with van der Waals surface area (Å²) in [4.78, 5) is 22.7. The molecule has 6 atom stereocenters. The van der Waals surface area contributed by atoms with Crippen LogP contribution in [0.1, 0.15) is 6.42 Å². The standard InChI is InChI=1S/C13H21NO10/c1-2-3-23-12(21)14-8-6(16)4-13(22,11(19)20)24-10(8)9(18)7(17)5-15/h2,6-10,15-18,22H,1,3-5H2,(H,14,21)(H,19,20)/t6-,7+,8+,9+,10+,13-/m0/s1. The summed E-state index contributed by atoms with van der Waals surface area (Å²) in [6.45, 7) is 2.27. The molecule has 0 aromatic carbocycles. The van der Waals surface area contributed by atoms with E-state index in [-0.39, 0.29) is 6.61 Å². The SMILES string of the molecule is C=CCOC(=O)N[C@H]1[C@H]([C@H](O)[C@H](O)CO)O[C@](O)(C(=O)O)C[C@@H]1O. The normalized spacial score (nSPS) is 32.5. The third-order valence-electron chi connectivity index (χ3n) is 3.45. The van der Waals surface area contributed by atoms with Crippen molar-refractivity contribution in [3.8, 4) is 0 Å². The average molecular weight is 351 g/mol. The Morgan fingerprint density at radius 3 is 2.58 bits per heavy atom. The van der Waals surface area contributed by atoms with Crippen molar-refractivity contribution in [3.05, 3.63) is 12.7 Å². The fourth-order valence-electron chi connectivity index (χ4n) is 2.21. The van der Waals surface area contributed by atoms with E-state index in [1.54, 1.807) is 0 Å². The van der Waals surface area contributed by atoms with Gasteiger partial charge in [-0.1, -0.05) is 12.7 Å². The molecule has 0 unspecified atom stereocenters. The number of carbonyl (C=O) groups excluding carboxylic acids is 1. The molecular weight excluding hydrogens is 330 g/mol. The first-order valence-electron chi connectivity index (χ1n) is 6.99. The number of rotatable bonds is 7. The number of aliphatic hydroxyl groups is 5. The van der Waals surface area contributed by atoms with E-state index in [2.05, 4.69) is 16.6 Å². The van der Waals surface area contributed by atoms with Gasteiger partial charge in [0, 0.05) is 6.42 Å². The van der Waals surface area contributed by atoms with E-state index >= 15 is 0 Å². The smallest absolute Gasteiger partial charge is 0.407 e. The van der Waals surface area contributed by atoms with Crippen molar-refractivity contribution in [2.45, 2.75) is 42.7 Å². The van der Waals surface area contributed by atoms with Gasteiger partial charge in [-0.2, -0.15) is 0 Å². The van der Waals surface area contributed by atoms with Crippen LogP contribution in [0.4, 0.5) is 4.79 Å². The van der Waals surface area contributed by atoms with E-state index in [1.165, 1.54) is 6.08 Å². The molecule has 11 heteroatoms. The molecule has 1 amide bonds. The molecule has 0 bridgehead atoms. The molecule has 7 N–H and O–H groups in total. The number of ether oxygens (including phenoxy) is 2. The number of alkyl carbamates (subject to hydrolysis) is 1. The van der Waals surface area contributed by atoms with Crippen molar-refractivity contribution in [1.29, 1.82) is 0 Å². The van der Waals surface area contributed by atoms with Gasteiger partial charge in [0.05, 0.1) is 18.8 Å². The molecule has 0 aromatic heterocycles. The van der Waals surface area contributed by atoms with E-state index in [4.69, 9.17) is 14.9 Å². The summed E-state index contributed by atoms with van der Waals surface area (Å²) in [5.41, 5.74) is 0. The van der Waals surface area contributed by atoms with Crippen LogP contribution in [0, 0.1) is 0 Å². The maximum Gasteiger partial charge on any atom is 0.407 e.